The van der Waals surface area contributed by atoms with Crippen molar-refractivity contribution < 1.29 is 48.8 Å². The van der Waals surface area contributed by atoms with Gasteiger partial charge in [0.1, 0.15) is 29.2 Å². The number of amides is 1. The molecule has 1 amide bonds. The zero-order chi connectivity index (χ0) is 24.4. The molecule has 174 valence electrons. The van der Waals surface area contributed by atoms with Crippen LogP contribution in [0.3, 0.4) is 0 Å². The van der Waals surface area contributed by atoms with Gasteiger partial charge in [0.2, 0.25) is 0 Å². The number of ketones is 1. The van der Waals surface area contributed by atoms with E-state index in [4.69, 9.17) is 24.8 Å². The second-order valence-corrected chi connectivity index (χ2v) is 6.69. The fourth-order valence-corrected chi connectivity index (χ4v) is 2.66. The molecule has 0 radical (unpaired) electrons. The Labute approximate surface area is 187 Å². The summed E-state index contributed by atoms with van der Waals surface area (Å²) in [6, 6.07) is 9.12. The van der Waals surface area contributed by atoms with E-state index < -0.39 is 30.4 Å². The molecule has 0 saturated heterocycles. The van der Waals surface area contributed by atoms with Gasteiger partial charge in [0.05, 0.1) is 5.56 Å². The molecule has 0 unspecified atom stereocenters. The highest BCUT2D eigenvalue weighted by atomic mass is 16.5. The lowest BCUT2D eigenvalue weighted by molar-refractivity contribution is -0.124. The normalized spacial score (nSPS) is 10.2. The van der Waals surface area contributed by atoms with Crippen LogP contribution in [0.1, 0.15) is 43.9 Å². The van der Waals surface area contributed by atoms with Crippen LogP contribution < -0.4 is 14.8 Å². The summed E-state index contributed by atoms with van der Waals surface area (Å²) < 4.78 is 10.4. The molecule has 0 aliphatic rings. The average Bonchev–Trinajstić information content (AvgIpc) is 2.78. The van der Waals surface area contributed by atoms with Gasteiger partial charge < -0.3 is 30.1 Å². The van der Waals surface area contributed by atoms with Gasteiger partial charge in [0.15, 0.2) is 12.4 Å². The Morgan fingerprint density at radius 3 is 2.06 bits per heavy atom. The number of nitrogens with one attached hydrogen (secondary N) is 1. The predicted octanol–water partition coefficient (Wildman–Crippen LogP) is 1.70. The van der Waals surface area contributed by atoms with Crippen LogP contribution in [0, 0.1) is 0 Å². The van der Waals surface area contributed by atoms with Crippen LogP contribution in [0.25, 0.3) is 0 Å². The zero-order valence-electron chi connectivity index (χ0n) is 17.3. The molecule has 0 heterocycles. The van der Waals surface area contributed by atoms with Crippen molar-refractivity contribution in [2.75, 3.05) is 19.8 Å². The molecule has 0 saturated carbocycles. The van der Waals surface area contributed by atoms with Crippen molar-refractivity contribution in [3.63, 3.8) is 0 Å². The summed E-state index contributed by atoms with van der Waals surface area (Å²) in [5.41, 5.74) is -0.539. The van der Waals surface area contributed by atoms with Crippen LogP contribution in [0.4, 0.5) is 0 Å². The second kappa shape index (κ2) is 11.8. The molecule has 2 aromatic carbocycles. The smallest absolute Gasteiger partial charge is 0.339 e. The van der Waals surface area contributed by atoms with Gasteiger partial charge in [-0.25, -0.2) is 14.4 Å². The van der Waals surface area contributed by atoms with E-state index in [9.17, 15) is 24.0 Å². The quantitative estimate of drug-likeness (QED) is 0.322. The van der Waals surface area contributed by atoms with E-state index in [2.05, 4.69) is 5.32 Å². The first-order valence-corrected chi connectivity index (χ1v) is 9.66. The molecule has 11 heteroatoms. The number of carbonyl (C=O) groups excluding carboxylic acids is 2. The van der Waals surface area contributed by atoms with Gasteiger partial charge >= 0.3 is 17.9 Å². The highest BCUT2D eigenvalue weighted by Crippen LogP contribution is 2.21. The molecule has 0 fully saturated rings. The lowest BCUT2D eigenvalue weighted by atomic mass is 10.1. The summed E-state index contributed by atoms with van der Waals surface area (Å²) in [6.45, 7) is -0.744. The van der Waals surface area contributed by atoms with Gasteiger partial charge in [-0.15, -0.1) is 0 Å². The minimum Gasteiger partial charge on any atom is -0.485 e. The summed E-state index contributed by atoms with van der Waals surface area (Å²) in [5.74, 6) is -4.85. The van der Waals surface area contributed by atoms with E-state index in [1.807, 2.05) is 0 Å². The molecule has 0 spiro atoms. The zero-order valence-corrected chi connectivity index (χ0v) is 17.3. The summed E-state index contributed by atoms with van der Waals surface area (Å²) in [7, 11) is 0. The molecule has 0 aromatic heterocycles. The molecule has 33 heavy (non-hydrogen) atoms. The number of carboxylic acid groups (broad SMARTS) is 3. The third kappa shape index (κ3) is 7.65. The minimum absolute atomic E-state index is 0.0579. The van der Waals surface area contributed by atoms with Crippen molar-refractivity contribution >= 4 is 29.6 Å². The summed E-state index contributed by atoms with van der Waals surface area (Å²) in [4.78, 5) is 57.2. The Morgan fingerprint density at radius 1 is 0.758 bits per heavy atom. The van der Waals surface area contributed by atoms with Gasteiger partial charge in [0, 0.05) is 13.0 Å². The SMILES string of the molecule is O=C(CCCNC(=O)COc1cc(C(=O)O)ccc1C(=O)O)COc1ccccc1C(=O)O. The number of Topliss-reactive ketones (excluding diaryl/α,β-unsaturated/α-hetero) is 1. The predicted molar refractivity (Wildman–Crippen MR) is 112 cm³/mol. The number of rotatable bonds is 13. The average molecular weight is 459 g/mol. The van der Waals surface area contributed by atoms with Crippen LogP contribution in [-0.4, -0.2) is 64.7 Å². The van der Waals surface area contributed by atoms with Gasteiger partial charge in [-0.3, -0.25) is 9.59 Å². The molecular weight excluding hydrogens is 438 g/mol. The van der Waals surface area contributed by atoms with Crippen molar-refractivity contribution in [3.8, 4) is 11.5 Å². The summed E-state index contributed by atoms with van der Waals surface area (Å²) >= 11 is 0. The van der Waals surface area contributed by atoms with Crippen molar-refractivity contribution in [3.05, 3.63) is 59.2 Å². The lowest BCUT2D eigenvalue weighted by Crippen LogP contribution is -2.30. The number of para-hydroxylation sites is 1. The topological polar surface area (TPSA) is 177 Å². The van der Waals surface area contributed by atoms with Crippen molar-refractivity contribution in [2.45, 2.75) is 12.8 Å². The van der Waals surface area contributed by atoms with E-state index in [0.29, 0.717) is 0 Å². The molecule has 11 nitrogen and oxygen atoms in total. The fraction of sp³-hybridized carbons (Fsp3) is 0.227. The van der Waals surface area contributed by atoms with E-state index in [0.717, 1.165) is 18.2 Å². The van der Waals surface area contributed by atoms with Gasteiger partial charge in [-0.2, -0.15) is 0 Å². The molecular formula is C22H21NO10. The van der Waals surface area contributed by atoms with E-state index >= 15 is 0 Å². The summed E-state index contributed by atoms with van der Waals surface area (Å²) in [6.07, 6.45) is 0.351. The van der Waals surface area contributed by atoms with Crippen molar-refractivity contribution in [1.29, 1.82) is 0 Å². The first-order chi connectivity index (χ1) is 15.7. The number of aromatic carboxylic acids is 3. The lowest BCUT2D eigenvalue weighted by Gasteiger charge is -2.11. The Bertz CT molecular complexity index is 1060. The van der Waals surface area contributed by atoms with Crippen molar-refractivity contribution in [1.82, 2.24) is 5.32 Å². The molecule has 0 aliphatic heterocycles. The van der Waals surface area contributed by atoms with Gasteiger partial charge in [0.25, 0.3) is 5.91 Å². The Morgan fingerprint density at radius 2 is 1.39 bits per heavy atom. The van der Waals surface area contributed by atoms with Crippen LogP contribution in [0.15, 0.2) is 42.5 Å². The highest BCUT2D eigenvalue weighted by molar-refractivity contribution is 5.94. The van der Waals surface area contributed by atoms with Crippen LogP contribution in [-0.2, 0) is 9.59 Å². The highest BCUT2D eigenvalue weighted by Gasteiger charge is 2.16. The van der Waals surface area contributed by atoms with E-state index in [1.54, 1.807) is 6.07 Å². The Kier molecular flexibility index (Phi) is 8.92. The molecule has 2 rings (SSSR count). The fourth-order valence-electron chi connectivity index (χ4n) is 2.66. The maximum Gasteiger partial charge on any atom is 0.339 e. The third-order valence-corrected chi connectivity index (χ3v) is 4.28. The maximum atomic E-state index is 11.9. The van der Waals surface area contributed by atoms with Crippen LogP contribution in [0.5, 0.6) is 11.5 Å². The molecule has 4 N–H and O–H groups in total. The number of benzene rings is 2. The standard InChI is InChI=1S/C22H21NO10/c24-14(11-32-17-6-2-1-5-15(17)21(28)29)4-3-9-23-19(25)12-33-18-10-13(20(26)27)7-8-16(18)22(30)31/h1-2,5-8,10H,3-4,9,11-12H2,(H,23,25)(H,26,27)(H,28,29)(H,30,31). The number of carbonyl (C=O) groups is 5. The minimum atomic E-state index is -1.34. The van der Waals surface area contributed by atoms with Crippen molar-refractivity contribution in [2.24, 2.45) is 0 Å². The Balaban J connectivity index is 1.74. The maximum absolute atomic E-state index is 11.9. The van der Waals surface area contributed by atoms with E-state index in [1.165, 1.54) is 18.2 Å². The number of hydrogen-bond acceptors (Lipinski definition) is 7. The first kappa shape index (κ1) is 24.9. The molecule has 2 aromatic rings. The van der Waals surface area contributed by atoms with Crippen LogP contribution >= 0.6 is 0 Å². The Hall–Kier alpha value is -4.41. The molecule has 0 bridgehead atoms. The largest absolute Gasteiger partial charge is 0.485 e. The monoisotopic (exact) mass is 459 g/mol. The van der Waals surface area contributed by atoms with E-state index in [-0.39, 0.29) is 60.0 Å². The van der Waals surface area contributed by atoms with Gasteiger partial charge in [-0.05, 0) is 36.8 Å². The van der Waals surface area contributed by atoms with Crippen LogP contribution in [0.2, 0.25) is 0 Å². The number of carboxylic acids is 3. The van der Waals surface area contributed by atoms with Gasteiger partial charge in [-0.1, -0.05) is 12.1 Å². The summed E-state index contributed by atoms with van der Waals surface area (Å²) in [5, 5.41) is 29.7. The molecule has 0 aliphatic carbocycles. The second-order valence-electron chi connectivity index (χ2n) is 6.69. The number of hydrogen-bond donors (Lipinski definition) is 4. The first-order valence-electron chi connectivity index (χ1n) is 9.66. The number of ether oxygens (including phenoxy) is 2. The molecule has 0 atom stereocenters. The third-order valence-electron chi connectivity index (χ3n) is 4.28.